The smallest absolute Gasteiger partial charge is 0.146 e. The van der Waals surface area contributed by atoms with Crippen molar-refractivity contribution in [3.63, 3.8) is 0 Å². The van der Waals surface area contributed by atoms with Crippen LogP contribution in [0.25, 0.3) is 0 Å². The van der Waals surface area contributed by atoms with Crippen molar-refractivity contribution < 1.29 is 9.47 Å². The molecule has 0 heterocycles. The zero-order chi connectivity index (χ0) is 28.9. The molecule has 4 heteroatoms. The van der Waals surface area contributed by atoms with Gasteiger partial charge in [0, 0.05) is 18.2 Å². The number of benzene rings is 4. The lowest BCUT2D eigenvalue weighted by molar-refractivity contribution is -0.0397. The van der Waals surface area contributed by atoms with Crippen LogP contribution in [-0.2, 0) is 9.47 Å². The van der Waals surface area contributed by atoms with E-state index in [0.29, 0.717) is 25.2 Å². The molecule has 0 radical (unpaired) electrons. The van der Waals surface area contributed by atoms with Gasteiger partial charge >= 0.3 is 0 Å². The van der Waals surface area contributed by atoms with Crippen molar-refractivity contribution in [2.45, 2.75) is 45.3 Å². The van der Waals surface area contributed by atoms with Crippen LogP contribution in [0.1, 0.15) is 44.7 Å². The van der Waals surface area contributed by atoms with E-state index in [1.165, 1.54) is 10.4 Å². The van der Waals surface area contributed by atoms with Crippen molar-refractivity contribution in [2.75, 3.05) is 20.5 Å². The molecule has 0 aliphatic heterocycles. The van der Waals surface area contributed by atoms with E-state index in [9.17, 15) is 0 Å². The molecule has 0 N–H and O–H groups in total. The maximum atomic E-state index is 5.92. The minimum absolute atomic E-state index is 0.134. The van der Waals surface area contributed by atoms with Crippen molar-refractivity contribution >= 4 is 24.2 Å². The fourth-order valence-corrected chi connectivity index (χ4v) is 11.6. The Labute approximate surface area is 248 Å². The molecule has 0 bridgehead atoms. The van der Waals surface area contributed by atoms with Crippen LogP contribution in [0, 0.1) is 11.8 Å². The Bertz CT molecular complexity index is 1230. The van der Waals surface area contributed by atoms with Crippen molar-refractivity contribution in [1.82, 2.24) is 0 Å². The molecule has 4 aromatic carbocycles. The summed E-state index contributed by atoms with van der Waals surface area (Å²) in [6.45, 7) is 7.95. The van der Waals surface area contributed by atoms with E-state index in [0.717, 1.165) is 35.7 Å². The van der Waals surface area contributed by atoms with E-state index in [-0.39, 0.29) is 5.67 Å². The first-order chi connectivity index (χ1) is 20.0. The van der Waals surface area contributed by atoms with Crippen LogP contribution < -0.4 is 10.4 Å². The lowest BCUT2D eigenvalue weighted by Gasteiger charge is -2.41. The summed E-state index contributed by atoms with van der Waals surface area (Å²) in [5.74, 6) is 0.927. The minimum atomic E-state index is -2.50. The van der Waals surface area contributed by atoms with E-state index < -0.39 is 8.07 Å². The van der Waals surface area contributed by atoms with Gasteiger partial charge in [-0.2, -0.15) is 0 Å². The quantitative estimate of drug-likeness (QED) is 0.0654. The van der Waals surface area contributed by atoms with Gasteiger partial charge < -0.3 is 9.47 Å². The Balaban J connectivity index is 1.98. The Morgan fingerprint density at radius 3 is 1.56 bits per heavy atom. The van der Waals surface area contributed by atoms with E-state index in [1.807, 2.05) is 0 Å². The van der Waals surface area contributed by atoms with Gasteiger partial charge in [-0.15, -0.1) is 0 Å². The fraction of sp³-hybridized carbons (Fsp3) is 0.324. The second-order valence-corrected chi connectivity index (χ2v) is 15.7. The first-order valence-electron chi connectivity index (χ1n) is 14.9. The van der Waals surface area contributed by atoms with Gasteiger partial charge in [-0.1, -0.05) is 152 Å². The molecule has 1 unspecified atom stereocenters. The monoisotopic (exact) mass is 563 g/mol. The molecule has 4 rings (SSSR count). The largest absolute Gasteiger partial charge is 0.359 e. The summed E-state index contributed by atoms with van der Waals surface area (Å²) in [6, 6.07) is 44.9. The predicted molar refractivity (Wildman–Crippen MR) is 176 cm³/mol. The third kappa shape index (κ3) is 8.13. The second-order valence-electron chi connectivity index (χ2n) is 11.5. The van der Waals surface area contributed by atoms with Gasteiger partial charge in [-0.3, -0.25) is 4.99 Å². The molecule has 0 saturated heterocycles. The van der Waals surface area contributed by atoms with Crippen molar-refractivity contribution in [2.24, 2.45) is 16.8 Å². The average molecular weight is 564 g/mol. The van der Waals surface area contributed by atoms with Gasteiger partial charge in [0.1, 0.15) is 14.9 Å². The highest BCUT2D eigenvalue weighted by Gasteiger charge is 2.46. The summed E-state index contributed by atoms with van der Waals surface area (Å²) in [5, 5.41) is 2.87. The molecule has 0 aromatic heterocycles. The molecule has 214 valence electrons. The average Bonchev–Trinajstić information content (AvgIpc) is 3.02. The molecule has 0 fully saturated rings. The summed E-state index contributed by atoms with van der Waals surface area (Å²) in [4.78, 5) is 5.88. The summed E-state index contributed by atoms with van der Waals surface area (Å²) in [5.41, 5.74) is 3.53. The van der Waals surface area contributed by atoms with E-state index in [1.54, 1.807) is 7.11 Å². The van der Waals surface area contributed by atoms with Gasteiger partial charge in [-0.25, -0.2) is 0 Å². The van der Waals surface area contributed by atoms with Crippen LogP contribution in [0.2, 0.25) is 6.04 Å². The number of rotatable bonds is 15. The molecule has 41 heavy (non-hydrogen) atoms. The zero-order valence-corrected chi connectivity index (χ0v) is 26.1. The van der Waals surface area contributed by atoms with Crippen LogP contribution >= 0.6 is 0 Å². The SMILES string of the molecule is COCOC[C@H](C)C[Si](c1ccccc1)(c1ccccc1)C(CCC(C)C)N=C(c1ccccc1)c1ccccc1. The molecule has 2 atom stereocenters. The lowest BCUT2D eigenvalue weighted by Crippen LogP contribution is -2.67. The fourth-order valence-electron chi connectivity index (χ4n) is 5.91. The Morgan fingerprint density at radius 2 is 1.12 bits per heavy atom. The van der Waals surface area contributed by atoms with Crippen LogP contribution in [0.5, 0.6) is 0 Å². The predicted octanol–water partition coefficient (Wildman–Crippen LogP) is 7.39. The Hall–Kier alpha value is -3.31. The van der Waals surface area contributed by atoms with Gasteiger partial charge in [0.25, 0.3) is 0 Å². The number of methoxy groups -OCH3 is 1. The van der Waals surface area contributed by atoms with Crippen molar-refractivity contribution in [3.05, 3.63) is 132 Å². The van der Waals surface area contributed by atoms with Crippen LogP contribution in [0.3, 0.4) is 0 Å². The highest BCUT2D eigenvalue weighted by Crippen LogP contribution is 2.29. The van der Waals surface area contributed by atoms with Crippen LogP contribution in [-0.4, -0.2) is 40.0 Å². The molecule has 0 amide bonds. The molecule has 0 aliphatic carbocycles. The van der Waals surface area contributed by atoms with E-state index >= 15 is 0 Å². The Morgan fingerprint density at radius 1 is 0.659 bits per heavy atom. The first kappa shape index (κ1) is 30.6. The minimum Gasteiger partial charge on any atom is -0.359 e. The van der Waals surface area contributed by atoms with Gasteiger partial charge in [-0.05, 0) is 30.7 Å². The topological polar surface area (TPSA) is 30.8 Å². The Kier molecular flexibility index (Phi) is 11.7. The molecule has 0 saturated carbocycles. The first-order valence-corrected chi connectivity index (χ1v) is 17.2. The van der Waals surface area contributed by atoms with E-state index in [2.05, 4.69) is 142 Å². The lowest BCUT2D eigenvalue weighted by atomic mass is 10.0. The standard InChI is InChI=1S/C37H45NO2Si/c1-30(2)25-26-36(38-37(32-17-9-5-10-18-32)33-19-11-6-12-20-33)41(34-21-13-7-14-22-34,35-23-15-8-16-24-35)28-31(3)27-40-29-39-4/h5-24,30-31,36H,25-29H2,1-4H3/t31-,36?/m0/s1. The molecule has 3 nitrogen and oxygen atoms in total. The summed E-state index contributed by atoms with van der Waals surface area (Å²) >= 11 is 0. The second kappa shape index (κ2) is 15.6. The number of hydrogen-bond acceptors (Lipinski definition) is 3. The summed E-state index contributed by atoms with van der Waals surface area (Å²) < 4.78 is 11.1. The number of ether oxygens (including phenoxy) is 2. The number of hydrogen-bond donors (Lipinski definition) is 0. The van der Waals surface area contributed by atoms with Gasteiger partial charge in [0.2, 0.25) is 0 Å². The molecular formula is C37H45NO2Si. The third-order valence-electron chi connectivity index (χ3n) is 7.82. The normalized spacial score (nSPS) is 13.1. The van der Waals surface area contributed by atoms with Crippen molar-refractivity contribution in [1.29, 1.82) is 0 Å². The van der Waals surface area contributed by atoms with Crippen LogP contribution in [0.4, 0.5) is 0 Å². The molecule has 0 aliphatic rings. The highest BCUT2D eigenvalue weighted by molar-refractivity contribution is 7.03. The zero-order valence-electron chi connectivity index (χ0n) is 25.1. The molecule has 4 aromatic rings. The third-order valence-corrected chi connectivity index (χ3v) is 13.4. The maximum Gasteiger partial charge on any atom is 0.146 e. The number of aliphatic imine (C=N–C) groups is 1. The van der Waals surface area contributed by atoms with Crippen molar-refractivity contribution in [3.8, 4) is 0 Å². The summed E-state index contributed by atoms with van der Waals surface area (Å²) in [6.07, 6.45) is 2.15. The molecular weight excluding hydrogens is 518 g/mol. The number of nitrogens with zero attached hydrogens (tertiary/aromatic N) is 1. The van der Waals surface area contributed by atoms with Gasteiger partial charge in [0.15, 0.2) is 0 Å². The summed E-state index contributed by atoms with van der Waals surface area (Å²) in [7, 11) is -0.821. The maximum absolute atomic E-state index is 5.92. The highest BCUT2D eigenvalue weighted by atomic mass is 28.3. The van der Waals surface area contributed by atoms with E-state index in [4.69, 9.17) is 14.5 Å². The van der Waals surface area contributed by atoms with Gasteiger partial charge in [0.05, 0.1) is 18.0 Å². The molecule has 0 spiro atoms. The van der Waals surface area contributed by atoms with Crippen LogP contribution in [0.15, 0.2) is 126 Å².